The fourth-order valence-corrected chi connectivity index (χ4v) is 6.11. The molecule has 1 amide bonds. The fraction of sp³-hybridized carbons (Fsp3) is 0.125. The van der Waals surface area contributed by atoms with E-state index in [0.29, 0.717) is 17.1 Å². The molecular formula is C32H25ClN2O3S. The summed E-state index contributed by atoms with van der Waals surface area (Å²) in [5, 5.41) is 14.2. The van der Waals surface area contributed by atoms with Crippen molar-refractivity contribution < 1.29 is 14.7 Å². The van der Waals surface area contributed by atoms with Crippen molar-refractivity contribution in [3.8, 4) is 0 Å². The van der Waals surface area contributed by atoms with E-state index in [1.165, 1.54) is 0 Å². The molecule has 5 aromatic rings. The van der Waals surface area contributed by atoms with E-state index in [4.69, 9.17) is 11.6 Å². The molecule has 0 radical (unpaired) electrons. The van der Waals surface area contributed by atoms with Crippen molar-refractivity contribution in [1.82, 2.24) is 9.88 Å². The molecule has 194 valence electrons. The summed E-state index contributed by atoms with van der Waals surface area (Å²) in [4.78, 5) is 27.4. The Balaban J connectivity index is 1.38. The Kier molecular flexibility index (Phi) is 6.67. The largest absolute Gasteiger partial charge is 0.478 e. The summed E-state index contributed by atoms with van der Waals surface area (Å²) in [5.41, 5.74) is 3.17. The highest BCUT2D eigenvalue weighted by Gasteiger charge is 2.46. The third-order valence-electron chi connectivity index (χ3n) is 7.09. The van der Waals surface area contributed by atoms with E-state index < -0.39 is 11.5 Å². The number of nitrogens with zero attached hydrogens (tertiary/aromatic N) is 1. The smallest absolute Gasteiger partial charge is 0.335 e. The van der Waals surface area contributed by atoms with Crippen LogP contribution in [-0.4, -0.2) is 21.6 Å². The van der Waals surface area contributed by atoms with E-state index in [-0.39, 0.29) is 11.5 Å². The summed E-state index contributed by atoms with van der Waals surface area (Å²) in [5.74, 6) is -1.12. The second-order valence-corrected chi connectivity index (χ2v) is 11.4. The molecule has 1 fully saturated rings. The van der Waals surface area contributed by atoms with Gasteiger partial charge in [0.2, 0.25) is 0 Å². The number of carboxylic acid groups (broad SMARTS) is 1. The van der Waals surface area contributed by atoms with Gasteiger partial charge < -0.3 is 15.0 Å². The molecule has 1 heterocycles. The van der Waals surface area contributed by atoms with Gasteiger partial charge >= 0.3 is 5.97 Å². The maximum Gasteiger partial charge on any atom is 0.335 e. The Bertz CT molecular complexity index is 1690. The number of aromatic carboxylic acids is 1. The quantitative estimate of drug-likeness (QED) is 0.208. The van der Waals surface area contributed by atoms with Gasteiger partial charge in [0.15, 0.2) is 0 Å². The van der Waals surface area contributed by atoms with Gasteiger partial charge in [-0.25, -0.2) is 4.79 Å². The molecule has 6 rings (SSSR count). The van der Waals surface area contributed by atoms with E-state index in [1.807, 2.05) is 60.8 Å². The van der Waals surface area contributed by atoms with E-state index in [2.05, 4.69) is 28.1 Å². The van der Waals surface area contributed by atoms with Crippen LogP contribution in [0.3, 0.4) is 0 Å². The maximum atomic E-state index is 14.0. The predicted octanol–water partition coefficient (Wildman–Crippen LogP) is 7.61. The van der Waals surface area contributed by atoms with E-state index in [9.17, 15) is 14.7 Å². The number of hydrogen-bond acceptors (Lipinski definition) is 3. The first-order chi connectivity index (χ1) is 18.9. The summed E-state index contributed by atoms with van der Waals surface area (Å²) >= 11 is 7.86. The Hall–Kier alpha value is -4.00. The molecule has 0 unspecified atom stereocenters. The lowest BCUT2D eigenvalue weighted by Crippen LogP contribution is -2.35. The second-order valence-electron chi connectivity index (χ2n) is 9.82. The molecular weight excluding hydrogens is 528 g/mol. The minimum Gasteiger partial charge on any atom is -0.478 e. The topological polar surface area (TPSA) is 71.3 Å². The Labute approximate surface area is 235 Å². The molecule has 0 saturated heterocycles. The van der Waals surface area contributed by atoms with Crippen molar-refractivity contribution in [3.05, 3.63) is 131 Å². The van der Waals surface area contributed by atoms with Gasteiger partial charge in [0.05, 0.1) is 22.2 Å². The monoisotopic (exact) mass is 552 g/mol. The zero-order valence-corrected chi connectivity index (χ0v) is 22.5. The van der Waals surface area contributed by atoms with Crippen molar-refractivity contribution in [1.29, 1.82) is 0 Å². The van der Waals surface area contributed by atoms with Crippen LogP contribution in [0.15, 0.2) is 113 Å². The summed E-state index contributed by atoms with van der Waals surface area (Å²) in [6, 6.07) is 30.8. The number of fused-ring (bicyclic) bond motifs is 1. The summed E-state index contributed by atoms with van der Waals surface area (Å²) < 4.78 is 2.09. The van der Waals surface area contributed by atoms with E-state index >= 15 is 0 Å². The lowest BCUT2D eigenvalue weighted by Gasteiger charge is -2.20. The first-order valence-electron chi connectivity index (χ1n) is 12.7. The fourth-order valence-electron chi connectivity index (χ4n) is 4.97. The lowest BCUT2D eigenvalue weighted by molar-refractivity contribution is 0.0696. The molecule has 7 heteroatoms. The molecule has 5 nitrogen and oxygen atoms in total. The molecule has 0 bridgehead atoms. The van der Waals surface area contributed by atoms with E-state index in [0.717, 1.165) is 44.7 Å². The summed E-state index contributed by atoms with van der Waals surface area (Å²) in [6.45, 7) is 0.581. The summed E-state index contributed by atoms with van der Waals surface area (Å²) in [7, 11) is 0. The van der Waals surface area contributed by atoms with Crippen LogP contribution in [-0.2, 0) is 12.1 Å². The molecule has 4 aromatic carbocycles. The highest BCUT2D eigenvalue weighted by Crippen LogP contribution is 2.46. The molecule has 2 N–H and O–H groups in total. The zero-order valence-electron chi connectivity index (χ0n) is 20.9. The number of carbonyl (C=O) groups is 2. The first kappa shape index (κ1) is 25.3. The van der Waals surface area contributed by atoms with Gasteiger partial charge in [-0.3, -0.25) is 4.79 Å². The van der Waals surface area contributed by atoms with Crippen LogP contribution in [0.5, 0.6) is 0 Å². The van der Waals surface area contributed by atoms with Crippen LogP contribution in [0.4, 0.5) is 0 Å². The third kappa shape index (κ3) is 5.31. The van der Waals surface area contributed by atoms with Crippen LogP contribution < -0.4 is 5.32 Å². The summed E-state index contributed by atoms with van der Waals surface area (Å²) in [6.07, 6.45) is 3.61. The highest BCUT2D eigenvalue weighted by atomic mass is 35.5. The number of halogens is 1. The molecule has 0 aliphatic heterocycles. The van der Waals surface area contributed by atoms with Crippen molar-refractivity contribution in [2.24, 2.45) is 0 Å². The number of nitrogens with one attached hydrogen (secondary N) is 1. The van der Waals surface area contributed by atoms with Crippen LogP contribution in [0.25, 0.3) is 10.9 Å². The normalized spacial score (nSPS) is 13.8. The molecule has 1 aromatic heterocycles. The number of benzene rings is 4. The molecule has 1 aliphatic carbocycles. The van der Waals surface area contributed by atoms with Crippen molar-refractivity contribution in [3.63, 3.8) is 0 Å². The number of amides is 1. The van der Waals surface area contributed by atoms with Gasteiger partial charge in [-0.2, -0.15) is 0 Å². The first-order valence-corrected chi connectivity index (χ1v) is 13.9. The van der Waals surface area contributed by atoms with Gasteiger partial charge in [-0.15, -0.1) is 0 Å². The van der Waals surface area contributed by atoms with Gasteiger partial charge in [0, 0.05) is 32.9 Å². The minimum absolute atomic E-state index is 0.152. The molecule has 39 heavy (non-hydrogen) atoms. The van der Waals surface area contributed by atoms with Gasteiger partial charge in [0.25, 0.3) is 5.91 Å². The van der Waals surface area contributed by atoms with Gasteiger partial charge in [-0.1, -0.05) is 65.8 Å². The van der Waals surface area contributed by atoms with Crippen LogP contribution >= 0.6 is 23.4 Å². The van der Waals surface area contributed by atoms with Crippen LogP contribution in [0.2, 0.25) is 5.02 Å². The number of carboxylic acids is 1. The van der Waals surface area contributed by atoms with Gasteiger partial charge in [-0.05, 0) is 78.6 Å². The average molecular weight is 553 g/mol. The Morgan fingerprint density at radius 2 is 1.67 bits per heavy atom. The second kappa shape index (κ2) is 10.3. The minimum atomic E-state index is -0.967. The van der Waals surface area contributed by atoms with Crippen LogP contribution in [0.1, 0.15) is 44.7 Å². The maximum absolute atomic E-state index is 14.0. The standard InChI is InChI=1S/C32H25ClN2O3S/c33-25-6-4-5-21(17-25)20-35-16-13-23-18-27(39-26-7-2-1-3-8-26)19-28(29(23)35)30(36)34-32(14-15-32)24-11-9-22(10-12-24)31(37)38/h1-13,16-19H,14-15,20H2,(H,34,36)(H,37,38). The molecule has 0 spiro atoms. The third-order valence-corrected chi connectivity index (χ3v) is 8.30. The lowest BCUT2D eigenvalue weighted by atomic mass is 10.0. The number of hydrogen-bond donors (Lipinski definition) is 2. The van der Waals surface area contributed by atoms with Crippen molar-refractivity contribution in [2.45, 2.75) is 34.7 Å². The Morgan fingerprint density at radius 1 is 0.897 bits per heavy atom. The Morgan fingerprint density at radius 3 is 2.36 bits per heavy atom. The SMILES string of the molecule is O=C(O)c1ccc(C2(NC(=O)c3cc(Sc4ccccc4)cc4ccn(Cc5cccc(Cl)c5)c34)CC2)cc1. The van der Waals surface area contributed by atoms with Crippen LogP contribution in [0, 0.1) is 0 Å². The number of carbonyl (C=O) groups excluding carboxylic acids is 1. The molecule has 0 atom stereocenters. The van der Waals surface area contributed by atoms with Crippen molar-refractivity contribution in [2.75, 3.05) is 0 Å². The van der Waals surface area contributed by atoms with E-state index in [1.54, 1.807) is 36.0 Å². The molecule has 1 saturated carbocycles. The predicted molar refractivity (Wildman–Crippen MR) is 155 cm³/mol. The number of aromatic nitrogens is 1. The average Bonchev–Trinajstić information content (AvgIpc) is 3.61. The number of rotatable bonds is 8. The van der Waals surface area contributed by atoms with Crippen molar-refractivity contribution >= 4 is 46.1 Å². The highest BCUT2D eigenvalue weighted by molar-refractivity contribution is 7.99. The molecule has 1 aliphatic rings. The zero-order chi connectivity index (χ0) is 27.0. The van der Waals surface area contributed by atoms with Gasteiger partial charge in [0.1, 0.15) is 0 Å².